The molecule has 2 aromatic carbocycles. The Hall–Kier alpha value is -2.12. The van der Waals surface area contributed by atoms with Crippen molar-refractivity contribution < 1.29 is 22.3 Å². The third-order valence-electron chi connectivity index (χ3n) is 3.92. The van der Waals surface area contributed by atoms with E-state index < -0.39 is 21.4 Å². The largest absolute Gasteiger partial charge is 0.493 e. The first-order chi connectivity index (χ1) is 11.6. The molecule has 1 N–H and O–H groups in total. The van der Waals surface area contributed by atoms with Crippen LogP contribution in [-0.2, 0) is 15.6 Å². The number of methoxy groups -OCH3 is 2. The number of nitrogens with one attached hydrogen (secondary N) is 1. The van der Waals surface area contributed by atoms with Crippen molar-refractivity contribution in [2.24, 2.45) is 0 Å². The summed E-state index contributed by atoms with van der Waals surface area (Å²) in [5, 5.41) is 0. The molecule has 0 saturated carbocycles. The molecule has 136 valence electrons. The summed E-state index contributed by atoms with van der Waals surface area (Å²) in [7, 11) is -0.793. The number of benzene rings is 2. The molecule has 0 unspecified atom stereocenters. The zero-order valence-electron chi connectivity index (χ0n) is 14.9. The Morgan fingerprint density at radius 2 is 1.64 bits per heavy atom. The van der Waals surface area contributed by atoms with E-state index in [2.05, 4.69) is 4.72 Å². The second kappa shape index (κ2) is 7.01. The fraction of sp³-hybridized carbons (Fsp3) is 0.333. The molecule has 0 heterocycles. The van der Waals surface area contributed by atoms with Crippen LogP contribution in [0.1, 0.15) is 25.0 Å². The van der Waals surface area contributed by atoms with Crippen LogP contribution in [0.25, 0.3) is 0 Å². The Morgan fingerprint density at radius 3 is 2.20 bits per heavy atom. The number of hydrogen-bond donors (Lipinski definition) is 1. The fourth-order valence-electron chi connectivity index (χ4n) is 2.59. The van der Waals surface area contributed by atoms with Gasteiger partial charge in [-0.3, -0.25) is 0 Å². The third kappa shape index (κ3) is 4.11. The molecular weight excluding hydrogens is 345 g/mol. The first-order valence-electron chi connectivity index (χ1n) is 7.63. The van der Waals surface area contributed by atoms with Gasteiger partial charge in [0.1, 0.15) is 5.82 Å². The van der Waals surface area contributed by atoms with Crippen molar-refractivity contribution in [3.63, 3.8) is 0 Å². The highest BCUT2D eigenvalue weighted by atomic mass is 32.2. The Bertz CT molecular complexity index is 879. The molecule has 0 fully saturated rings. The lowest BCUT2D eigenvalue weighted by Gasteiger charge is -2.27. The Morgan fingerprint density at radius 1 is 1.00 bits per heavy atom. The van der Waals surface area contributed by atoms with Gasteiger partial charge in [-0.25, -0.2) is 17.5 Å². The lowest BCUT2D eigenvalue weighted by Crippen LogP contribution is -2.41. The van der Waals surface area contributed by atoms with Crippen LogP contribution in [0.2, 0.25) is 0 Å². The highest BCUT2D eigenvalue weighted by molar-refractivity contribution is 7.89. The summed E-state index contributed by atoms with van der Waals surface area (Å²) < 4.78 is 51.9. The van der Waals surface area contributed by atoms with E-state index in [1.54, 1.807) is 39.0 Å². The monoisotopic (exact) mass is 367 g/mol. The second-order valence-corrected chi connectivity index (χ2v) is 7.86. The molecule has 0 radical (unpaired) electrons. The molecule has 0 aromatic heterocycles. The lowest BCUT2D eigenvalue weighted by molar-refractivity contribution is 0.352. The van der Waals surface area contributed by atoms with Gasteiger partial charge in [-0.1, -0.05) is 6.07 Å². The molecule has 2 aromatic rings. The van der Waals surface area contributed by atoms with Crippen LogP contribution in [0.15, 0.2) is 41.3 Å². The van der Waals surface area contributed by atoms with E-state index in [0.717, 1.165) is 6.07 Å². The molecule has 7 heteroatoms. The van der Waals surface area contributed by atoms with Crippen LogP contribution in [0.3, 0.4) is 0 Å². The molecule has 0 atom stereocenters. The predicted molar refractivity (Wildman–Crippen MR) is 94.0 cm³/mol. The highest BCUT2D eigenvalue weighted by Crippen LogP contribution is 2.33. The lowest BCUT2D eigenvalue weighted by atomic mass is 9.95. The summed E-state index contributed by atoms with van der Waals surface area (Å²) in [6.45, 7) is 5.04. The minimum Gasteiger partial charge on any atom is -0.493 e. The van der Waals surface area contributed by atoms with Crippen molar-refractivity contribution in [3.05, 3.63) is 53.3 Å². The van der Waals surface area contributed by atoms with Crippen LogP contribution < -0.4 is 14.2 Å². The summed E-state index contributed by atoms with van der Waals surface area (Å²) >= 11 is 0. The summed E-state index contributed by atoms with van der Waals surface area (Å²) in [5.74, 6) is 0.583. The molecule has 0 saturated heterocycles. The maximum absolute atomic E-state index is 13.3. The zero-order valence-corrected chi connectivity index (χ0v) is 15.7. The smallest absolute Gasteiger partial charge is 0.241 e. The standard InChI is InChI=1S/C18H22FNO4S/c1-12-10-14(19)7-9-17(12)25(21,22)20-18(2,3)13-6-8-15(23-4)16(11-13)24-5/h6-11,20H,1-5H3. The van der Waals surface area contributed by atoms with Gasteiger partial charge in [-0.05, 0) is 62.2 Å². The third-order valence-corrected chi connectivity index (χ3v) is 5.74. The van der Waals surface area contributed by atoms with E-state index >= 15 is 0 Å². The summed E-state index contributed by atoms with van der Waals surface area (Å²) in [5.41, 5.74) is 0.128. The van der Waals surface area contributed by atoms with Gasteiger partial charge in [0.25, 0.3) is 0 Å². The number of sulfonamides is 1. The minimum atomic E-state index is -3.84. The van der Waals surface area contributed by atoms with Crippen molar-refractivity contribution in [2.45, 2.75) is 31.2 Å². The molecular formula is C18H22FNO4S. The van der Waals surface area contributed by atoms with Crippen molar-refractivity contribution in [1.82, 2.24) is 4.72 Å². The maximum atomic E-state index is 13.3. The summed E-state index contributed by atoms with van der Waals surface area (Å²) in [6.07, 6.45) is 0. The van der Waals surface area contributed by atoms with Crippen LogP contribution >= 0.6 is 0 Å². The van der Waals surface area contributed by atoms with Crippen molar-refractivity contribution in [2.75, 3.05) is 14.2 Å². The Kier molecular flexibility index (Phi) is 5.39. The normalized spacial score (nSPS) is 12.1. The number of aryl methyl sites for hydroxylation is 1. The number of hydrogen-bond acceptors (Lipinski definition) is 4. The first-order valence-corrected chi connectivity index (χ1v) is 9.11. The molecule has 2 rings (SSSR count). The fourth-order valence-corrected chi connectivity index (χ4v) is 4.22. The molecule has 0 aliphatic heterocycles. The van der Waals surface area contributed by atoms with E-state index in [4.69, 9.17) is 9.47 Å². The van der Waals surface area contributed by atoms with Gasteiger partial charge in [0.2, 0.25) is 10.0 Å². The molecule has 5 nitrogen and oxygen atoms in total. The van der Waals surface area contributed by atoms with E-state index in [9.17, 15) is 12.8 Å². The molecule has 0 amide bonds. The summed E-state index contributed by atoms with van der Waals surface area (Å²) in [4.78, 5) is 0.0439. The number of rotatable bonds is 6. The predicted octanol–water partition coefficient (Wildman–Crippen LogP) is 3.36. The van der Waals surface area contributed by atoms with Gasteiger partial charge in [-0.2, -0.15) is 0 Å². The average Bonchev–Trinajstić information content (AvgIpc) is 2.52. The number of ether oxygens (including phenoxy) is 2. The number of halogens is 1. The van der Waals surface area contributed by atoms with Gasteiger partial charge >= 0.3 is 0 Å². The second-order valence-electron chi connectivity index (χ2n) is 6.21. The van der Waals surface area contributed by atoms with Gasteiger partial charge in [-0.15, -0.1) is 0 Å². The van der Waals surface area contributed by atoms with E-state index in [1.165, 1.54) is 26.4 Å². The quantitative estimate of drug-likeness (QED) is 0.850. The van der Waals surface area contributed by atoms with Gasteiger partial charge < -0.3 is 9.47 Å². The van der Waals surface area contributed by atoms with Gasteiger partial charge in [0.05, 0.1) is 24.7 Å². The average molecular weight is 367 g/mol. The Balaban J connectivity index is 2.40. The van der Waals surface area contributed by atoms with Gasteiger partial charge in [0, 0.05) is 0 Å². The Labute approximate surface area is 147 Å². The highest BCUT2D eigenvalue weighted by Gasteiger charge is 2.29. The molecule has 0 spiro atoms. The molecule has 0 bridgehead atoms. The topological polar surface area (TPSA) is 64.6 Å². The summed E-state index contributed by atoms with van der Waals surface area (Å²) in [6, 6.07) is 8.79. The zero-order chi connectivity index (χ0) is 18.8. The minimum absolute atomic E-state index is 0.0439. The van der Waals surface area contributed by atoms with Crippen LogP contribution in [-0.4, -0.2) is 22.6 Å². The van der Waals surface area contributed by atoms with E-state index in [-0.39, 0.29) is 4.90 Å². The van der Waals surface area contributed by atoms with Crippen molar-refractivity contribution in [3.8, 4) is 11.5 Å². The van der Waals surface area contributed by atoms with E-state index in [0.29, 0.717) is 22.6 Å². The van der Waals surface area contributed by atoms with Crippen LogP contribution in [0, 0.1) is 12.7 Å². The van der Waals surface area contributed by atoms with Crippen molar-refractivity contribution in [1.29, 1.82) is 0 Å². The maximum Gasteiger partial charge on any atom is 0.241 e. The van der Waals surface area contributed by atoms with Gasteiger partial charge in [0.15, 0.2) is 11.5 Å². The SMILES string of the molecule is COc1ccc(C(C)(C)NS(=O)(=O)c2ccc(F)cc2C)cc1OC. The molecule has 0 aliphatic rings. The molecule has 25 heavy (non-hydrogen) atoms. The first kappa shape index (κ1) is 19.2. The van der Waals surface area contributed by atoms with E-state index in [1.807, 2.05) is 0 Å². The van der Waals surface area contributed by atoms with Crippen molar-refractivity contribution >= 4 is 10.0 Å². The van der Waals surface area contributed by atoms with Crippen LogP contribution in [0.5, 0.6) is 11.5 Å². The van der Waals surface area contributed by atoms with Crippen LogP contribution in [0.4, 0.5) is 4.39 Å². The molecule has 0 aliphatic carbocycles.